The Hall–Kier alpha value is -2.33. The lowest BCUT2D eigenvalue weighted by atomic mass is 10.1. The van der Waals surface area contributed by atoms with Crippen molar-refractivity contribution in [2.24, 2.45) is 0 Å². The monoisotopic (exact) mass is 308 g/mol. The molecule has 1 atom stereocenters. The lowest BCUT2D eigenvalue weighted by molar-refractivity contribution is 0.226. The van der Waals surface area contributed by atoms with E-state index in [-0.39, 0.29) is 6.10 Å². The molecule has 2 aromatic carbocycles. The van der Waals surface area contributed by atoms with Crippen molar-refractivity contribution in [2.45, 2.75) is 13.0 Å². The quantitative estimate of drug-likeness (QED) is 0.747. The molecule has 1 aliphatic heterocycles. The van der Waals surface area contributed by atoms with Crippen molar-refractivity contribution in [3.8, 4) is 27.6 Å². The summed E-state index contributed by atoms with van der Waals surface area (Å²) in [6.07, 6.45) is 0.211. The fraction of sp³-hybridized carbons (Fsp3) is 0.167. The van der Waals surface area contributed by atoms with Gasteiger partial charge in [0, 0.05) is 16.5 Å². The van der Waals surface area contributed by atoms with E-state index in [1.807, 2.05) is 24.3 Å². The van der Waals surface area contributed by atoms with Crippen LogP contribution in [0.1, 0.15) is 6.92 Å². The van der Waals surface area contributed by atoms with Crippen molar-refractivity contribution >= 4 is 17.0 Å². The van der Waals surface area contributed by atoms with E-state index < -0.39 is 0 Å². The Bertz CT molecular complexity index is 798. The Labute approximate surface area is 133 Å². The minimum atomic E-state index is 0.211. The summed E-state index contributed by atoms with van der Waals surface area (Å²) in [4.78, 5) is 4.76. The largest absolute Gasteiger partial charge is 0.487 e. The first-order valence-corrected chi connectivity index (χ1v) is 8.23. The zero-order valence-corrected chi connectivity index (χ0v) is 13.1. The molecular weight excluding hydrogens is 292 g/mol. The summed E-state index contributed by atoms with van der Waals surface area (Å²) in [6.45, 7) is 2.90. The Morgan fingerprint density at radius 2 is 2.00 bits per heavy atom. The number of hydrogen-bond donors (Lipinski definition) is 1. The van der Waals surface area contributed by atoms with E-state index in [1.54, 1.807) is 11.3 Å². The molecule has 0 aliphatic carbocycles. The molecule has 110 valence electrons. The van der Waals surface area contributed by atoms with Crippen LogP contribution in [0.4, 0.5) is 5.69 Å². The van der Waals surface area contributed by atoms with E-state index in [4.69, 9.17) is 9.72 Å². The van der Waals surface area contributed by atoms with Crippen LogP contribution in [0.15, 0.2) is 53.9 Å². The highest BCUT2D eigenvalue weighted by Gasteiger charge is 2.16. The van der Waals surface area contributed by atoms with Gasteiger partial charge in [0.2, 0.25) is 0 Å². The Morgan fingerprint density at radius 3 is 2.86 bits per heavy atom. The third kappa shape index (κ3) is 2.46. The van der Waals surface area contributed by atoms with Crippen molar-refractivity contribution in [3.63, 3.8) is 0 Å². The lowest BCUT2D eigenvalue weighted by Gasteiger charge is -2.25. The number of aromatic nitrogens is 1. The van der Waals surface area contributed by atoms with Crippen LogP contribution < -0.4 is 10.1 Å². The Balaban J connectivity index is 1.67. The van der Waals surface area contributed by atoms with Gasteiger partial charge in [0.1, 0.15) is 16.9 Å². The van der Waals surface area contributed by atoms with Crippen LogP contribution in [0, 0.1) is 0 Å². The summed E-state index contributed by atoms with van der Waals surface area (Å²) in [5.74, 6) is 0.919. The first kappa shape index (κ1) is 13.3. The molecule has 22 heavy (non-hydrogen) atoms. The molecule has 2 heterocycles. The van der Waals surface area contributed by atoms with Crippen LogP contribution in [-0.2, 0) is 0 Å². The predicted molar refractivity (Wildman–Crippen MR) is 91.6 cm³/mol. The third-order valence-corrected chi connectivity index (χ3v) is 4.60. The maximum absolute atomic E-state index is 5.82. The van der Waals surface area contributed by atoms with Gasteiger partial charge in [0.15, 0.2) is 0 Å². The second-order valence-corrected chi connectivity index (χ2v) is 6.28. The zero-order chi connectivity index (χ0) is 14.9. The summed E-state index contributed by atoms with van der Waals surface area (Å²) in [6, 6.07) is 16.5. The maximum atomic E-state index is 5.82. The molecule has 0 saturated carbocycles. The van der Waals surface area contributed by atoms with Gasteiger partial charge in [-0.15, -0.1) is 11.3 Å². The minimum absolute atomic E-state index is 0.211. The molecule has 0 amide bonds. The van der Waals surface area contributed by atoms with Crippen molar-refractivity contribution in [1.82, 2.24) is 4.98 Å². The van der Waals surface area contributed by atoms with Crippen molar-refractivity contribution in [2.75, 3.05) is 11.9 Å². The van der Waals surface area contributed by atoms with Gasteiger partial charge in [-0.3, -0.25) is 0 Å². The summed E-state index contributed by atoms with van der Waals surface area (Å²) in [5, 5.41) is 6.55. The Kier molecular flexibility index (Phi) is 3.31. The van der Waals surface area contributed by atoms with Crippen molar-refractivity contribution in [1.29, 1.82) is 0 Å². The SMILES string of the molecule is CC1CNc2cc(-c3nc(-c4ccccc4)cs3)ccc2O1. The average molecular weight is 308 g/mol. The molecule has 3 nitrogen and oxygen atoms in total. The van der Waals surface area contributed by atoms with Gasteiger partial charge < -0.3 is 10.1 Å². The molecule has 0 saturated heterocycles. The molecule has 0 bridgehead atoms. The molecule has 4 heteroatoms. The number of fused-ring (bicyclic) bond motifs is 1. The number of nitrogens with one attached hydrogen (secondary N) is 1. The van der Waals surface area contributed by atoms with Gasteiger partial charge in [-0.25, -0.2) is 4.98 Å². The second-order valence-electron chi connectivity index (χ2n) is 5.42. The van der Waals surface area contributed by atoms with Crippen molar-refractivity contribution in [3.05, 3.63) is 53.9 Å². The van der Waals surface area contributed by atoms with E-state index in [0.29, 0.717) is 0 Å². The maximum Gasteiger partial charge on any atom is 0.142 e. The van der Waals surface area contributed by atoms with Gasteiger partial charge >= 0.3 is 0 Å². The average Bonchev–Trinajstić information content (AvgIpc) is 3.05. The van der Waals surface area contributed by atoms with Gasteiger partial charge in [0.25, 0.3) is 0 Å². The van der Waals surface area contributed by atoms with E-state index in [1.165, 1.54) is 0 Å². The van der Waals surface area contributed by atoms with E-state index in [0.717, 1.165) is 39.8 Å². The van der Waals surface area contributed by atoms with Crippen LogP contribution in [0.3, 0.4) is 0 Å². The standard InChI is InChI=1S/C18H16N2OS/c1-12-10-19-15-9-14(7-8-17(15)21-12)18-20-16(11-22-18)13-5-3-2-4-6-13/h2-9,11-12,19H,10H2,1H3. The highest BCUT2D eigenvalue weighted by atomic mass is 32.1. The van der Waals surface area contributed by atoms with Crippen LogP contribution in [0.2, 0.25) is 0 Å². The Morgan fingerprint density at radius 1 is 1.14 bits per heavy atom. The highest BCUT2D eigenvalue weighted by Crippen LogP contribution is 2.35. The van der Waals surface area contributed by atoms with Crippen LogP contribution in [0.5, 0.6) is 5.75 Å². The molecule has 1 N–H and O–H groups in total. The topological polar surface area (TPSA) is 34.2 Å². The summed E-state index contributed by atoms with van der Waals surface area (Å²) in [5.41, 5.74) is 4.35. The second kappa shape index (κ2) is 5.46. The molecule has 1 aliphatic rings. The fourth-order valence-corrected chi connectivity index (χ4v) is 3.39. The zero-order valence-electron chi connectivity index (χ0n) is 12.2. The summed E-state index contributed by atoms with van der Waals surface area (Å²) >= 11 is 1.67. The van der Waals surface area contributed by atoms with Crippen LogP contribution in [0.25, 0.3) is 21.8 Å². The number of rotatable bonds is 2. The molecule has 1 unspecified atom stereocenters. The molecule has 1 aromatic heterocycles. The van der Waals surface area contributed by atoms with E-state index in [9.17, 15) is 0 Å². The van der Waals surface area contributed by atoms with Gasteiger partial charge in [-0.2, -0.15) is 0 Å². The first-order valence-electron chi connectivity index (χ1n) is 7.35. The van der Waals surface area contributed by atoms with Crippen molar-refractivity contribution < 1.29 is 4.74 Å². The molecule has 3 aromatic rings. The third-order valence-electron chi connectivity index (χ3n) is 3.71. The molecular formula is C18H16N2OS. The molecule has 0 fully saturated rings. The number of ether oxygens (including phenoxy) is 1. The lowest BCUT2D eigenvalue weighted by Crippen LogP contribution is -2.27. The molecule has 0 spiro atoms. The van der Waals surface area contributed by atoms with E-state index >= 15 is 0 Å². The van der Waals surface area contributed by atoms with E-state index in [2.05, 4.69) is 41.9 Å². The predicted octanol–water partition coefficient (Wildman–Crippen LogP) is 4.67. The van der Waals surface area contributed by atoms with Gasteiger partial charge in [-0.05, 0) is 25.1 Å². The minimum Gasteiger partial charge on any atom is -0.487 e. The number of thiazole rings is 1. The summed E-state index contributed by atoms with van der Waals surface area (Å²) in [7, 11) is 0. The fourth-order valence-electron chi connectivity index (χ4n) is 2.56. The first-order chi connectivity index (χ1) is 10.8. The van der Waals surface area contributed by atoms with Crippen LogP contribution in [-0.4, -0.2) is 17.6 Å². The van der Waals surface area contributed by atoms with Gasteiger partial charge in [0.05, 0.1) is 17.9 Å². The van der Waals surface area contributed by atoms with Gasteiger partial charge in [-0.1, -0.05) is 30.3 Å². The number of hydrogen-bond acceptors (Lipinski definition) is 4. The summed E-state index contributed by atoms with van der Waals surface area (Å²) < 4.78 is 5.82. The highest BCUT2D eigenvalue weighted by molar-refractivity contribution is 7.13. The number of nitrogens with zero attached hydrogens (tertiary/aromatic N) is 1. The van der Waals surface area contributed by atoms with Crippen LogP contribution >= 0.6 is 11.3 Å². The molecule has 0 radical (unpaired) electrons. The molecule has 4 rings (SSSR count). The number of benzene rings is 2. The number of anilines is 1. The normalized spacial score (nSPS) is 16.5. The smallest absolute Gasteiger partial charge is 0.142 e.